The van der Waals surface area contributed by atoms with E-state index in [2.05, 4.69) is 10.6 Å². The van der Waals surface area contributed by atoms with Gasteiger partial charge in [0.05, 0.1) is 5.54 Å². The summed E-state index contributed by atoms with van der Waals surface area (Å²) in [5, 5.41) is 15.5. The number of rotatable bonds is 3. The number of amides is 1. The third kappa shape index (κ3) is 2.77. The molecule has 0 fully saturated rings. The molecule has 3 N–H and O–H groups in total. The second kappa shape index (κ2) is 4.75. The van der Waals surface area contributed by atoms with E-state index >= 15 is 0 Å². The van der Waals surface area contributed by atoms with Crippen LogP contribution in [0.2, 0.25) is 0 Å². The lowest BCUT2D eigenvalue weighted by Gasteiger charge is -2.23. The molecular formula is C13H20N2O2. The van der Waals surface area contributed by atoms with Crippen molar-refractivity contribution in [2.75, 3.05) is 12.4 Å². The van der Waals surface area contributed by atoms with Gasteiger partial charge >= 0.3 is 0 Å². The summed E-state index contributed by atoms with van der Waals surface area (Å²) in [5.41, 5.74) is 1.48. The van der Waals surface area contributed by atoms with E-state index in [1.807, 2.05) is 6.92 Å². The Hall–Kier alpha value is -1.55. The number of phenols is 1. The van der Waals surface area contributed by atoms with Crippen LogP contribution in [0.1, 0.15) is 25.0 Å². The smallest absolute Gasteiger partial charge is 0.244 e. The highest BCUT2D eigenvalue weighted by Gasteiger charge is 2.25. The molecular weight excluding hydrogens is 216 g/mol. The number of phenolic OH excluding ortho intramolecular Hbond substituents is 1. The molecule has 0 aliphatic carbocycles. The SMILES string of the molecule is CNC(C)(C)C(=O)Nc1ccc(C)c(O)c1C. The number of hydrogen-bond acceptors (Lipinski definition) is 3. The number of aromatic hydroxyl groups is 1. The number of carbonyl (C=O) groups excluding carboxylic acids is 1. The molecule has 0 unspecified atom stereocenters. The molecule has 1 rings (SSSR count). The van der Waals surface area contributed by atoms with Crippen LogP contribution in [0.4, 0.5) is 5.69 Å². The highest BCUT2D eigenvalue weighted by molar-refractivity contribution is 5.98. The molecule has 0 saturated carbocycles. The van der Waals surface area contributed by atoms with Gasteiger partial charge in [-0.3, -0.25) is 4.79 Å². The van der Waals surface area contributed by atoms with Crippen molar-refractivity contribution < 1.29 is 9.90 Å². The fourth-order valence-corrected chi connectivity index (χ4v) is 1.36. The van der Waals surface area contributed by atoms with Gasteiger partial charge in [-0.2, -0.15) is 0 Å². The van der Waals surface area contributed by atoms with E-state index in [0.29, 0.717) is 11.3 Å². The van der Waals surface area contributed by atoms with Crippen molar-refractivity contribution in [3.05, 3.63) is 23.3 Å². The lowest BCUT2D eigenvalue weighted by Crippen LogP contribution is -2.48. The predicted octanol–water partition coefficient (Wildman–Crippen LogP) is 1.95. The Labute approximate surface area is 102 Å². The fourth-order valence-electron chi connectivity index (χ4n) is 1.36. The summed E-state index contributed by atoms with van der Waals surface area (Å²) in [7, 11) is 1.74. The van der Waals surface area contributed by atoms with Gasteiger partial charge in [0.1, 0.15) is 5.75 Å². The molecule has 1 aromatic rings. The highest BCUT2D eigenvalue weighted by Crippen LogP contribution is 2.28. The van der Waals surface area contributed by atoms with E-state index in [-0.39, 0.29) is 11.7 Å². The third-order valence-corrected chi connectivity index (χ3v) is 3.07. The van der Waals surface area contributed by atoms with E-state index < -0.39 is 5.54 Å². The third-order valence-electron chi connectivity index (χ3n) is 3.07. The number of hydrogen-bond donors (Lipinski definition) is 3. The first-order valence-corrected chi connectivity index (χ1v) is 5.59. The van der Waals surface area contributed by atoms with Crippen molar-refractivity contribution in [2.24, 2.45) is 0 Å². The van der Waals surface area contributed by atoms with Crippen LogP contribution >= 0.6 is 0 Å². The van der Waals surface area contributed by atoms with Gasteiger partial charge in [-0.25, -0.2) is 0 Å². The molecule has 0 aromatic heterocycles. The quantitative estimate of drug-likeness (QED) is 0.751. The Morgan fingerprint density at radius 3 is 2.41 bits per heavy atom. The van der Waals surface area contributed by atoms with Crippen LogP contribution in [-0.2, 0) is 4.79 Å². The van der Waals surface area contributed by atoms with Crippen LogP contribution < -0.4 is 10.6 Å². The molecule has 94 valence electrons. The molecule has 1 amide bonds. The van der Waals surface area contributed by atoms with Crippen molar-refractivity contribution in [2.45, 2.75) is 33.2 Å². The van der Waals surface area contributed by atoms with E-state index in [4.69, 9.17) is 0 Å². The second-order valence-electron chi connectivity index (χ2n) is 4.73. The Balaban J connectivity index is 2.98. The van der Waals surface area contributed by atoms with Crippen LogP contribution in [0, 0.1) is 13.8 Å². The minimum absolute atomic E-state index is 0.133. The first-order chi connectivity index (χ1) is 7.79. The number of aryl methyl sites for hydroxylation is 1. The number of carbonyl (C=O) groups is 1. The molecule has 0 saturated heterocycles. The number of nitrogens with one attached hydrogen (secondary N) is 2. The minimum atomic E-state index is -0.646. The zero-order chi connectivity index (χ0) is 13.2. The van der Waals surface area contributed by atoms with Gasteiger partial charge in [-0.05, 0) is 46.4 Å². The van der Waals surface area contributed by atoms with Gasteiger partial charge in [-0.15, -0.1) is 0 Å². The number of likely N-dealkylation sites (N-methyl/N-ethyl adjacent to an activating group) is 1. The van der Waals surface area contributed by atoms with Gasteiger partial charge in [0.25, 0.3) is 0 Å². The first kappa shape index (κ1) is 13.5. The second-order valence-corrected chi connectivity index (χ2v) is 4.73. The molecule has 0 heterocycles. The first-order valence-electron chi connectivity index (χ1n) is 5.59. The molecule has 4 heteroatoms. The minimum Gasteiger partial charge on any atom is -0.507 e. The van der Waals surface area contributed by atoms with E-state index in [1.165, 1.54) is 0 Å². The molecule has 0 aliphatic rings. The van der Waals surface area contributed by atoms with Crippen molar-refractivity contribution in [1.82, 2.24) is 5.32 Å². The molecule has 0 radical (unpaired) electrons. The number of benzene rings is 1. The molecule has 0 bridgehead atoms. The van der Waals surface area contributed by atoms with Crippen molar-refractivity contribution >= 4 is 11.6 Å². The van der Waals surface area contributed by atoms with Crippen LogP contribution in [0.15, 0.2) is 12.1 Å². The van der Waals surface area contributed by atoms with Crippen LogP contribution in [-0.4, -0.2) is 23.6 Å². The van der Waals surface area contributed by atoms with Gasteiger partial charge < -0.3 is 15.7 Å². The summed E-state index contributed by atoms with van der Waals surface area (Å²) >= 11 is 0. The lowest BCUT2D eigenvalue weighted by molar-refractivity contribution is -0.121. The van der Waals surface area contributed by atoms with Gasteiger partial charge in [0.2, 0.25) is 5.91 Å². The lowest BCUT2D eigenvalue weighted by atomic mass is 10.0. The molecule has 0 spiro atoms. The van der Waals surface area contributed by atoms with Crippen molar-refractivity contribution in [1.29, 1.82) is 0 Å². The highest BCUT2D eigenvalue weighted by atomic mass is 16.3. The molecule has 0 aliphatic heterocycles. The van der Waals surface area contributed by atoms with Crippen molar-refractivity contribution in [3.8, 4) is 5.75 Å². The van der Waals surface area contributed by atoms with Gasteiger partial charge in [0, 0.05) is 11.3 Å². The van der Waals surface area contributed by atoms with E-state index in [1.54, 1.807) is 40.0 Å². The standard InChI is InChI=1S/C13H20N2O2/c1-8-6-7-10(9(2)11(8)16)15-12(17)13(3,4)14-5/h6-7,14,16H,1-5H3,(H,15,17). The zero-order valence-corrected chi connectivity index (χ0v) is 11.0. The summed E-state index contributed by atoms with van der Waals surface area (Å²) in [6.07, 6.45) is 0. The van der Waals surface area contributed by atoms with Crippen LogP contribution in [0.25, 0.3) is 0 Å². The fraction of sp³-hybridized carbons (Fsp3) is 0.462. The van der Waals surface area contributed by atoms with Crippen molar-refractivity contribution in [3.63, 3.8) is 0 Å². The largest absolute Gasteiger partial charge is 0.507 e. The van der Waals surface area contributed by atoms with Crippen LogP contribution in [0.3, 0.4) is 0 Å². The molecule has 0 atom stereocenters. The molecule has 1 aromatic carbocycles. The average Bonchev–Trinajstić information content (AvgIpc) is 2.29. The maximum atomic E-state index is 12.0. The normalized spacial score (nSPS) is 11.4. The number of anilines is 1. The summed E-state index contributed by atoms with van der Waals surface area (Å²) in [5.74, 6) is 0.0939. The maximum Gasteiger partial charge on any atom is 0.244 e. The zero-order valence-electron chi connectivity index (χ0n) is 11.0. The van der Waals surface area contributed by atoms with E-state index in [0.717, 1.165) is 5.56 Å². The maximum absolute atomic E-state index is 12.0. The molecule has 4 nitrogen and oxygen atoms in total. The topological polar surface area (TPSA) is 61.4 Å². The summed E-state index contributed by atoms with van der Waals surface area (Å²) < 4.78 is 0. The Morgan fingerprint density at radius 2 is 1.88 bits per heavy atom. The van der Waals surface area contributed by atoms with Gasteiger partial charge in [0.15, 0.2) is 0 Å². The Bertz CT molecular complexity index is 439. The average molecular weight is 236 g/mol. The summed E-state index contributed by atoms with van der Waals surface area (Å²) in [4.78, 5) is 12.0. The summed E-state index contributed by atoms with van der Waals surface area (Å²) in [6, 6.07) is 3.58. The Kier molecular flexibility index (Phi) is 3.78. The van der Waals surface area contributed by atoms with Gasteiger partial charge in [-0.1, -0.05) is 6.07 Å². The predicted molar refractivity (Wildman–Crippen MR) is 69.3 cm³/mol. The molecule has 17 heavy (non-hydrogen) atoms. The van der Waals surface area contributed by atoms with Crippen LogP contribution in [0.5, 0.6) is 5.75 Å². The monoisotopic (exact) mass is 236 g/mol. The Morgan fingerprint density at radius 1 is 1.29 bits per heavy atom. The summed E-state index contributed by atoms with van der Waals surface area (Å²) in [6.45, 7) is 7.20. The van der Waals surface area contributed by atoms with E-state index in [9.17, 15) is 9.90 Å².